The summed E-state index contributed by atoms with van der Waals surface area (Å²) >= 11 is 1.87. The molecule has 0 aromatic carbocycles. The van der Waals surface area contributed by atoms with E-state index in [4.69, 9.17) is 10.5 Å². The maximum atomic E-state index is 5.62. The molecule has 0 heterocycles. The summed E-state index contributed by atoms with van der Waals surface area (Å²) in [5, 5.41) is 0. The van der Waals surface area contributed by atoms with Gasteiger partial charge >= 0.3 is 0 Å². The lowest BCUT2D eigenvalue weighted by molar-refractivity contribution is -0.00746. The first-order valence-corrected chi connectivity index (χ1v) is 5.58. The van der Waals surface area contributed by atoms with Crippen LogP contribution in [0.1, 0.15) is 19.3 Å². The molecule has 3 heteroatoms. The van der Waals surface area contributed by atoms with Crippen LogP contribution in [0.15, 0.2) is 0 Å². The van der Waals surface area contributed by atoms with Crippen LogP contribution in [0, 0.1) is 0 Å². The fraction of sp³-hybridized carbons (Fsp3) is 1.00. The van der Waals surface area contributed by atoms with Crippen molar-refractivity contribution in [3.05, 3.63) is 0 Å². The fourth-order valence-corrected chi connectivity index (χ4v) is 1.60. The topological polar surface area (TPSA) is 35.2 Å². The number of ether oxygens (including phenoxy) is 1. The Morgan fingerprint density at radius 3 is 2.82 bits per heavy atom. The molecule has 0 aliphatic heterocycles. The molecule has 0 unspecified atom stereocenters. The Bertz CT molecular complexity index is 104. The number of nitrogens with two attached hydrogens (primary N) is 1. The van der Waals surface area contributed by atoms with Gasteiger partial charge in [-0.25, -0.2) is 0 Å². The van der Waals surface area contributed by atoms with Gasteiger partial charge in [-0.3, -0.25) is 0 Å². The van der Waals surface area contributed by atoms with Gasteiger partial charge in [-0.2, -0.15) is 11.8 Å². The van der Waals surface area contributed by atoms with Crippen LogP contribution in [0.3, 0.4) is 0 Å². The number of rotatable bonds is 5. The van der Waals surface area contributed by atoms with Gasteiger partial charge in [0.25, 0.3) is 0 Å². The summed E-state index contributed by atoms with van der Waals surface area (Å²) in [6.45, 7) is 0.915. The molecular weight excluding hydrogens is 158 g/mol. The Morgan fingerprint density at radius 2 is 2.27 bits per heavy atom. The van der Waals surface area contributed by atoms with Crippen molar-refractivity contribution in [1.29, 1.82) is 0 Å². The minimum absolute atomic E-state index is 0.417. The van der Waals surface area contributed by atoms with Crippen molar-refractivity contribution >= 4 is 11.8 Å². The second-order valence-corrected chi connectivity index (χ2v) is 4.06. The highest BCUT2D eigenvalue weighted by atomic mass is 32.2. The van der Waals surface area contributed by atoms with Crippen LogP contribution in [0.4, 0.5) is 0 Å². The Kier molecular flexibility index (Phi) is 4.26. The van der Waals surface area contributed by atoms with Gasteiger partial charge in [-0.15, -0.1) is 0 Å². The highest BCUT2D eigenvalue weighted by Gasteiger charge is 2.25. The lowest BCUT2D eigenvalue weighted by Gasteiger charge is -2.32. The summed E-state index contributed by atoms with van der Waals surface area (Å²) in [6.07, 6.45) is 5.91. The second-order valence-electron chi connectivity index (χ2n) is 3.07. The van der Waals surface area contributed by atoms with Gasteiger partial charge in [0.05, 0.1) is 6.10 Å². The minimum Gasteiger partial charge on any atom is -0.378 e. The van der Waals surface area contributed by atoms with Crippen molar-refractivity contribution in [2.75, 3.05) is 18.6 Å². The third kappa shape index (κ3) is 3.45. The molecule has 2 N–H and O–H groups in total. The third-order valence-electron chi connectivity index (χ3n) is 1.98. The number of thioether (sulfide) groups is 1. The van der Waals surface area contributed by atoms with E-state index in [-0.39, 0.29) is 0 Å². The van der Waals surface area contributed by atoms with Crippen LogP contribution in [0.5, 0.6) is 0 Å². The van der Waals surface area contributed by atoms with E-state index < -0.39 is 0 Å². The molecule has 1 aliphatic rings. The van der Waals surface area contributed by atoms with E-state index in [1.165, 1.54) is 12.2 Å². The standard InChI is InChI=1S/C8H17NOS/c1-11-4-2-3-10-8-5-7(9)6-8/h7-8H,2-6,9H2,1H3. The van der Waals surface area contributed by atoms with Crippen molar-refractivity contribution in [2.45, 2.75) is 31.4 Å². The molecule has 0 spiro atoms. The lowest BCUT2D eigenvalue weighted by atomic mass is 9.90. The first-order valence-electron chi connectivity index (χ1n) is 4.19. The maximum absolute atomic E-state index is 5.62. The minimum atomic E-state index is 0.417. The van der Waals surface area contributed by atoms with Crippen molar-refractivity contribution in [3.8, 4) is 0 Å². The molecular formula is C8H17NOS. The Balaban J connectivity index is 1.81. The Hall–Kier alpha value is 0.270. The van der Waals surface area contributed by atoms with Gasteiger partial charge in [0.1, 0.15) is 0 Å². The highest BCUT2D eigenvalue weighted by molar-refractivity contribution is 7.98. The average molecular weight is 175 g/mol. The van der Waals surface area contributed by atoms with Gasteiger partial charge in [-0.05, 0) is 31.3 Å². The second kappa shape index (κ2) is 5.01. The summed E-state index contributed by atoms with van der Waals surface area (Å²) < 4.78 is 5.56. The van der Waals surface area contributed by atoms with Gasteiger partial charge in [-0.1, -0.05) is 0 Å². The van der Waals surface area contributed by atoms with Gasteiger partial charge in [0.15, 0.2) is 0 Å². The molecule has 11 heavy (non-hydrogen) atoms. The van der Waals surface area contributed by atoms with Crippen molar-refractivity contribution in [1.82, 2.24) is 0 Å². The molecule has 0 bridgehead atoms. The quantitative estimate of drug-likeness (QED) is 0.639. The van der Waals surface area contributed by atoms with E-state index in [9.17, 15) is 0 Å². The van der Waals surface area contributed by atoms with Crippen molar-refractivity contribution in [2.24, 2.45) is 5.73 Å². The third-order valence-corrected chi connectivity index (χ3v) is 2.67. The largest absolute Gasteiger partial charge is 0.378 e. The van der Waals surface area contributed by atoms with E-state index in [0.29, 0.717) is 12.1 Å². The molecule has 1 rings (SSSR count). The van der Waals surface area contributed by atoms with Crippen LogP contribution in [-0.2, 0) is 4.74 Å². The summed E-state index contributed by atoms with van der Waals surface area (Å²) in [7, 11) is 0. The Morgan fingerprint density at radius 1 is 1.55 bits per heavy atom. The number of hydrogen-bond acceptors (Lipinski definition) is 3. The monoisotopic (exact) mass is 175 g/mol. The van der Waals surface area contributed by atoms with Crippen LogP contribution in [-0.4, -0.2) is 30.8 Å². The molecule has 2 nitrogen and oxygen atoms in total. The summed E-state index contributed by atoms with van der Waals surface area (Å²) in [5.74, 6) is 1.21. The molecule has 1 aliphatic carbocycles. The van der Waals surface area contributed by atoms with Crippen molar-refractivity contribution < 1.29 is 4.74 Å². The molecule has 1 saturated carbocycles. The molecule has 0 aromatic rings. The van der Waals surface area contributed by atoms with E-state index in [1.54, 1.807) is 0 Å². The van der Waals surface area contributed by atoms with Crippen LogP contribution < -0.4 is 5.73 Å². The first-order chi connectivity index (χ1) is 5.33. The van der Waals surface area contributed by atoms with E-state index in [2.05, 4.69) is 6.26 Å². The molecule has 1 fully saturated rings. The molecule has 0 aromatic heterocycles. The van der Waals surface area contributed by atoms with Gasteiger partial charge in [0, 0.05) is 12.6 Å². The van der Waals surface area contributed by atoms with E-state index >= 15 is 0 Å². The predicted octanol–water partition coefficient (Wildman–Crippen LogP) is 1.25. The molecule has 0 amide bonds. The first kappa shape index (κ1) is 9.36. The van der Waals surface area contributed by atoms with Crippen molar-refractivity contribution in [3.63, 3.8) is 0 Å². The number of hydrogen-bond donors (Lipinski definition) is 1. The Labute approximate surface area is 72.9 Å². The zero-order valence-corrected chi connectivity index (χ0v) is 7.90. The van der Waals surface area contributed by atoms with E-state index in [1.807, 2.05) is 11.8 Å². The molecule has 0 radical (unpaired) electrons. The summed E-state index contributed by atoms with van der Waals surface area (Å²) in [5.41, 5.74) is 5.62. The average Bonchev–Trinajstić information content (AvgIpc) is 1.94. The van der Waals surface area contributed by atoms with E-state index in [0.717, 1.165) is 19.4 Å². The zero-order chi connectivity index (χ0) is 8.10. The maximum Gasteiger partial charge on any atom is 0.0604 e. The normalized spacial score (nSPS) is 30.0. The molecule has 0 atom stereocenters. The van der Waals surface area contributed by atoms with Crippen LogP contribution in [0.25, 0.3) is 0 Å². The van der Waals surface area contributed by atoms with Crippen LogP contribution in [0.2, 0.25) is 0 Å². The van der Waals surface area contributed by atoms with Gasteiger partial charge in [0.2, 0.25) is 0 Å². The lowest BCUT2D eigenvalue weighted by Crippen LogP contribution is -2.41. The predicted molar refractivity (Wildman–Crippen MR) is 49.9 cm³/mol. The van der Waals surface area contributed by atoms with Gasteiger partial charge < -0.3 is 10.5 Å². The highest BCUT2D eigenvalue weighted by Crippen LogP contribution is 2.21. The smallest absolute Gasteiger partial charge is 0.0604 e. The molecule has 66 valence electrons. The summed E-state index contributed by atoms with van der Waals surface area (Å²) in [6, 6.07) is 0.417. The van der Waals surface area contributed by atoms with Crippen LogP contribution >= 0.6 is 11.8 Å². The SMILES string of the molecule is CSCCCOC1CC(N)C1. The molecule has 0 saturated heterocycles. The fourth-order valence-electron chi connectivity index (χ4n) is 1.20. The summed E-state index contributed by atoms with van der Waals surface area (Å²) in [4.78, 5) is 0. The zero-order valence-electron chi connectivity index (χ0n) is 7.08.